The van der Waals surface area contributed by atoms with Gasteiger partial charge in [0, 0.05) is 42.5 Å². The van der Waals surface area contributed by atoms with Gasteiger partial charge in [-0.25, -0.2) is 0 Å². The van der Waals surface area contributed by atoms with E-state index in [0.717, 1.165) is 23.2 Å². The Morgan fingerprint density at radius 2 is 1.13 bits per heavy atom. The fourth-order valence-electron chi connectivity index (χ4n) is 4.47. The minimum absolute atomic E-state index is 0.0471. The standard InChI is InChI=1S/C30H48N10O3Si2/c1-44(2,3)19-17-42-23-39-34-28(32-36-39)30(41,29-33-37-40(35-29)24-43-18-20-45(4,5)6)27(31)38(21-25-13-9-7-10-14-25)22-26-15-11-8-12-16-26/h7-16,27,41H,17-24,31H2,1-6H3. The van der Waals surface area contributed by atoms with E-state index in [4.69, 9.17) is 15.2 Å². The van der Waals surface area contributed by atoms with Gasteiger partial charge in [0.25, 0.3) is 0 Å². The molecule has 0 saturated carbocycles. The van der Waals surface area contributed by atoms with Crippen LogP contribution in [0.5, 0.6) is 0 Å². The summed E-state index contributed by atoms with van der Waals surface area (Å²) in [6.07, 6.45) is -1.09. The van der Waals surface area contributed by atoms with Crippen LogP contribution < -0.4 is 5.73 Å². The highest BCUT2D eigenvalue weighted by Crippen LogP contribution is 2.30. The average Bonchev–Trinajstić information content (AvgIpc) is 3.67. The van der Waals surface area contributed by atoms with Gasteiger partial charge in [-0.05, 0) is 33.6 Å². The smallest absolute Gasteiger partial charge is 0.220 e. The number of hydrogen-bond donors (Lipinski definition) is 2. The molecule has 0 bridgehead atoms. The van der Waals surface area contributed by atoms with E-state index in [-0.39, 0.29) is 25.1 Å². The number of tetrazole rings is 2. The molecule has 0 amide bonds. The van der Waals surface area contributed by atoms with Crippen LogP contribution in [0.1, 0.15) is 22.8 Å². The molecule has 0 saturated heterocycles. The molecule has 2 aromatic heterocycles. The lowest BCUT2D eigenvalue weighted by Crippen LogP contribution is -2.57. The number of rotatable bonds is 18. The second-order valence-corrected chi connectivity index (χ2v) is 25.0. The monoisotopic (exact) mass is 652 g/mol. The minimum atomic E-state index is -2.07. The Balaban J connectivity index is 1.64. The zero-order valence-corrected chi connectivity index (χ0v) is 29.4. The number of ether oxygens (including phenoxy) is 2. The van der Waals surface area contributed by atoms with Gasteiger partial charge < -0.3 is 20.3 Å². The first-order valence-corrected chi connectivity index (χ1v) is 22.8. The van der Waals surface area contributed by atoms with Gasteiger partial charge in [0.2, 0.25) is 17.2 Å². The molecule has 1 atom stereocenters. The maximum atomic E-state index is 12.5. The van der Waals surface area contributed by atoms with Crippen molar-refractivity contribution in [2.24, 2.45) is 5.73 Å². The Hall–Kier alpha value is -3.19. The molecule has 2 aromatic carbocycles. The van der Waals surface area contributed by atoms with E-state index >= 15 is 0 Å². The Labute approximate surface area is 267 Å². The molecule has 13 nitrogen and oxygen atoms in total. The van der Waals surface area contributed by atoms with Gasteiger partial charge in [-0.3, -0.25) is 4.90 Å². The summed E-state index contributed by atoms with van der Waals surface area (Å²) in [5, 5.41) is 38.3. The summed E-state index contributed by atoms with van der Waals surface area (Å²) in [5.74, 6) is -0.0942. The maximum absolute atomic E-state index is 12.5. The zero-order chi connectivity index (χ0) is 32.5. The summed E-state index contributed by atoms with van der Waals surface area (Å²) >= 11 is 0. The van der Waals surface area contributed by atoms with Crippen molar-refractivity contribution >= 4 is 16.1 Å². The molecule has 4 rings (SSSR count). The average molecular weight is 653 g/mol. The Kier molecular flexibility index (Phi) is 11.9. The second-order valence-electron chi connectivity index (χ2n) is 13.8. The van der Waals surface area contributed by atoms with Crippen molar-refractivity contribution in [1.82, 2.24) is 45.3 Å². The molecule has 1 unspecified atom stereocenters. The molecule has 244 valence electrons. The van der Waals surface area contributed by atoms with Gasteiger partial charge in [-0.15, -0.1) is 30.0 Å². The van der Waals surface area contributed by atoms with E-state index < -0.39 is 27.9 Å². The number of benzene rings is 2. The predicted molar refractivity (Wildman–Crippen MR) is 177 cm³/mol. The molecule has 15 heteroatoms. The number of nitrogens with zero attached hydrogens (tertiary/aromatic N) is 9. The van der Waals surface area contributed by atoms with Gasteiger partial charge >= 0.3 is 0 Å². The molecule has 0 spiro atoms. The van der Waals surface area contributed by atoms with Crippen LogP contribution in [0.25, 0.3) is 0 Å². The number of aromatic nitrogens is 8. The fourth-order valence-corrected chi connectivity index (χ4v) is 5.98. The summed E-state index contributed by atoms with van der Waals surface area (Å²) in [4.78, 5) is 4.56. The topological polar surface area (TPSA) is 155 Å². The predicted octanol–water partition coefficient (Wildman–Crippen LogP) is 3.51. The molecule has 3 N–H and O–H groups in total. The summed E-state index contributed by atoms with van der Waals surface area (Å²) in [5.41, 5.74) is 6.97. The molecule has 4 aromatic rings. The normalized spacial score (nSPS) is 13.4. The highest BCUT2D eigenvalue weighted by molar-refractivity contribution is 6.76. The lowest BCUT2D eigenvalue weighted by molar-refractivity contribution is -0.0396. The first-order chi connectivity index (χ1) is 21.3. The van der Waals surface area contributed by atoms with Crippen LogP contribution in [-0.2, 0) is 41.6 Å². The lowest BCUT2D eigenvalue weighted by atomic mass is 9.96. The number of aliphatic hydroxyl groups is 1. The molecule has 45 heavy (non-hydrogen) atoms. The third kappa shape index (κ3) is 10.4. The van der Waals surface area contributed by atoms with Crippen molar-refractivity contribution in [2.45, 2.75) is 89.7 Å². The lowest BCUT2D eigenvalue weighted by Gasteiger charge is -2.37. The van der Waals surface area contributed by atoms with Crippen LogP contribution in [-0.4, -0.2) is 85.9 Å². The van der Waals surface area contributed by atoms with Crippen LogP contribution >= 0.6 is 0 Å². The van der Waals surface area contributed by atoms with Crippen molar-refractivity contribution in [3.8, 4) is 0 Å². The van der Waals surface area contributed by atoms with Crippen LogP contribution in [0.15, 0.2) is 60.7 Å². The van der Waals surface area contributed by atoms with E-state index in [1.165, 1.54) is 9.59 Å². The molecule has 0 aliphatic rings. The van der Waals surface area contributed by atoms with Gasteiger partial charge in [-0.1, -0.05) is 99.9 Å². The SMILES string of the molecule is C[Si](C)(C)CCOCn1nnc(C(O)(c2nnn(COCC[Si](C)(C)C)n2)C(N)N(Cc2ccccc2)Cc2ccccc2)n1. The summed E-state index contributed by atoms with van der Waals surface area (Å²) in [7, 11) is -2.53. The quantitative estimate of drug-likeness (QED) is 0.0922. The van der Waals surface area contributed by atoms with E-state index in [2.05, 4.69) is 70.1 Å². The van der Waals surface area contributed by atoms with Gasteiger partial charge in [0.1, 0.15) is 6.17 Å². The Morgan fingerprint density at radius 3 is 1.51 bits per heavy atom. The van der Waals surface area contributed by atoms with Crippen LogP contribution in [0.2, 0.25) is 51.4 Å². The Bertz CT molecular complexity index is 1340. The molecule has 0 aliphatic carbocycles. The summed E-state index contributed by atoms with van der Waals surface area (Å²) < 4.78 is 11.6. The van der Waals surface area contributed by atoms with Gasteiger partial charge in [-0.2, -0.15) is 0 Å². The number of nitrogens with two attached hydrogens (primary N) is 1. The minimum Gasteiger partial charge on any atom is -0.372 e. The van der Waals surface area contributed by atoms with Gasteiger partial charge in [0.15, 0.2) is 13.5 Å². The largest absolute Gasteiger partial charge is 0.372 e. The molecule has 0 fully saturated rings. The second kappa shape index (κ2) is 15.4. The molecular formula is C30H48N10O3Si2. The number of hydrogen-bond acceptors (Lipinski definition) is 11. The van der Waals surface area contributed by atoms with Crippen molar-refractivity contribution in [1.29, 1.82) is 0 Å². The van der Waals surface area contributed by atoms with Crippen LogP contribution in [0.4, 0.5) is 0 Å². The van der Waals surface area contributed by atoms with E-state index in [1.54, 1.807) is 0 Å². The maximum Gasteiger partial charge on any atom is 0.220 e. The van der Waals surface area contributed by atoms with E-state index in [9.17, 15) is 5.11 Å². The molecular weight excluding hydrogens is 605 g/mol. The first-order valence-electron chi connectivity index (χ1n) is 15.4. The highest BCUT2D eigenvalue weighted by Gasteiger charge is 2.49. The van der Waals surface area contributed by atoms with Crippen molar-refractivity contribution in [3.63, 3.8) is 0 Å². The van der Waals surface area contributed by atoms with Gasteiger partial charge in [0.05, 0.1) is 0 Å². The van der Waals surface area contributed by atoms with Crippen molar-refractivity contribution in [3.05, 3.63) is 83.4 Å². The molecule has 0 aliphatic heterocycles. The van der Waals surface area contributed by atoms with Crippen LogP contribution in [0, 0.1) is 0 Å². The molecule has 2 heterocycles. The van der Waals surface area contributed by atoms with E-state index in [1.807, 2.05) is 65.6 Å². The first kappa shape index (κ1) is 34.7. The van der Waals surface area contributed by atoms with Crippen molar-refractivity contribution < 1.29 is 14.6 Å². The third-order valence-corrected chi connectivity index (χ3v) is 10.7. The summed E-state index contributed by atoms with van der Waals surface area (Å²) in [6, 6.07) is 21.9. The third-order valence-electron chi connectivity index (χ3n) is 7.27. The highest BCUT2D eigenvalue weighted by atomic mass is 28.3. The van der Waals surface area contributed by atoms with Crippen molar-refractivity contribution in [2.75, 3.05) is 13.2 Å². The van der Waals surface area contributed by atoms with E-state index in [0.29, 0.717) is 26.3 Å². The fraction of sp³-hybridized carbons (Fsp3) is 0.533. The zero-order valence-electron chi connectivity index (χ0n) is 27.4. The summed E-state index contributed by atoms with van der Waals surface area (Å²) in [6.45, 7) is 16.0. The molecule has 0 radical (unpaired) electrons. The van der Waals surface area contributed by atoms with Crippen LogP contribution in [0.3, 0.4) is 0 Å². The Morgan fingerprint density at radius 1 is 0.733 bits per heavy atom.